The van der Waals surface area contributed by atoms with Gasteiger partial charge in [0, 0.05) is 0 Å². The van der Waals surface area contributed by atoms with Crippen LogP contribution >= 0.6 is 0 Å². The van der Waals surface area contributed by atoms with Crippen molar-refractivity contribution in [2.24, 2.45) is 0 Å². The second kappa shape index (κ2) is 27.7. The summed E-state index contributed by atoms with van der Waals surface area (Å²) in [6.45, 7) is 0. The van der Waals surface area contributed by atoms with E-state index in [9.17, 15) is 20.4 Å². The smallest absolute Gasteiger partial charge is 0.0623 e. The maximum Gasteiger partial charge on any atom is -0.0623 e. The van der Waals surface area contributed by atoms with Gasteiger partial charge in [0.25, 0.3) is 0 Å². The van der Waals surface area contributed by atoms with Crippen LogP contribution in [0.5, 0.6) is 23.0 Å². The van der Waals surface area contributed by atoms with Gasteiger partial charge in [-0.25, -0.2) is 0 Å². The standard InChI is InChI=1S/4C6H6O.2CH3.O.2Sn/c4*7-6-4-2-1-3-5-6;;;;;/h4*1-5,7H;2*1H3;;;/q;;;;;;-2;2*+3/p-4. The number of benzene rings is 4. The Morgan fingerprint density at radius 1 is 0.333 bits per heavy atom. The molecular weight excluding hydrogens is 630 g/mol. The van der Waals surface area contributed by atoms with Gasteiger partial charge in [-0.05, 0) is 0 Å². The second-order valence-electron chi connectivity index (χ2n) is 5.25. The van der Waals surface area contributed by atoms with Gasteiger partial charge in [-0.15, -0.1) is 23.0 Å². The molecule has 0 N–H and O–H groups in total. The van der Waals surface area contributed by atoms with E-state index in [1.54, 1.807) is 93.6 Å². The molecule has 33 heavy (non-hydrogen) atoms. The van der Waals surface area contributed by atoms with E-state index >= 15 is 0 Å². The zero-order valence-electron chi connectivity index (χ0n) is 18.6. The molecule has 0 aliphatic heterocycles. The number of hydrogen-bond donors (Lipinski definition) is 0. The van der Waals surface area contributed by atoms with Gasteiger partial charge in [0.15, 0.2) is 0 Å². The number of rotatable bonds is 0. The Balaban J connectivity index is -0.000000342. The molecule has 4 aromatic carbocycles. The summed E-state index contributed by atoms with van der Waals surface area (Å²) in [6.07, 6.45) is 0. The van der Waals surface area contributed by atoms with Crippen LogP contribution < -0.4 is 20.4 Å². The van der Waals surface area contributed by atoms with Crippen molar-refractivity contribution in [3.8, 4) is 23.0 Å². The summed E-state index contributed by atoms with van der Waals surface area (Å²) in [4.78, 5) is 4.18. The van der Waals surface area contributed by atoms with E-state index < -0.39 is 0 Å². The van der Waals surface area contributed by atoms with Crippen molar-refractivity contribution in [2.45, 2.75) is 9.88 Å². The molecule has 5 nitrogen and oxygen atoms in total. The van der Waals surface area contributed by atoms with Crippen LogP contribution in [0.3, 0.4) is 0 Å². The first kappa shape index (κ1) is 35.2. The molecule has 4 rings (SSSR count). The molecule has 4 aromatic rings. The normalized spacial score (nSPS) is 7.70. The molecule has 0 unspecified atom stereocenters. The maximum atomic E-state index is 10.3. The molecular formula is C26H26O5Sn2. The Morgan fingerprint density at radius 3 is 0.515 bits per heavy atom. The first-order chi connectivity index (χ1) is 15.6. The largest absolute Gasteiger partial charge is 2.00 e. The molecule has 0 radical (unpaired) electrons. The minimum Gasteiger partial charge on any atom is -2.00 e. The van der Waals surface area contributed by atoms with Gasteiger partial charge in [0.2, 0.25) is 0 Å². The number of hydrogen-bond acceptors (Lipinski definition) is 4. The van der Waals surface area contributed by atoms with E-state index in [-0.39, 0.29) is 28.5 Å². The van der Waals surface area contributed by atoms with Crippen LogP contribution in [0.4, 0.5) is 0 Å². The summed E-state index contributed by atoms with van der Waals surface area (Å²) >= 11 is 3.10. The molecule has 0 atom stereocenters. The van der Waals surface area contributed by atoms with Crippen molar-refractivity contribution in [2.75, 3.05) is 0 Å². The van der Waals surface area contributed by atoms with Crippen molar-refractivity contribution in [3.63, 3.8) is 0 Å². The predicted molar refractivity (Wildman–Crippen MR) is 127 cm³/mol. The average Bonchev–Trinajstić information content (AvgIpc) is 2.85. The summed E-state index contributed by atoms with van der Waals surface area (Å²) in [5.41, 5.74) is 0. The zero-order chi connectivity index (χ0) is 24.5. The van der Waals surface area contributed by atoms with E-state index in [1.165, 1.54) is 48.5 Å². The Bertz CT molecular complexity index is 701. The van der Waals surface area contributed by atoms with E-state index in [2.05, 4.69) is 9.88 Å². The Morgan fingerprint density at radius 2 is 0.455 bits per heavy atom. The monoisotopic (exact) mass is 658 g/mol. The molecule has 0 aliphatic carbocycles. The summed E-state index contributed by atoms with van der Waals surface area (Å²) in [5.74, 6) is 0.287. The van der Waals surface area contributed by atoms with E-state index in [1.807, 2.05) is 24.3 Å². The van der Waals surface area contributed by atoms with Gasteiger partial charge < -0.3 is 25.9 Å². The van der Waals surface area contributed by atoms with E-state index in [0.29, 0.717) is 0 Å². The Hall–Kier alpha value is -2.36. The third-order valence-corrected chi connectivity index (χ3v) is 2.97. The third-order valence-electron chi connectivity index (χ3n) is 2.97. The molecule has 0 saturated carbocycles. The SMILES string of the molecule is [CH3][Sn+3].[CH3][Sn+3].[O-2].[O-]c1ccccc1.[O-]c1ccccc1.[O-]c1ccccc1.[O-]c1ccccc1. The van der Waals surface area contributed by atoms with Gasteiger partial charge in [0.05, 0.1) is 0 Å². The van der Waals surface area contributed by atoms with Crippen LogP contribution in [0.1, 0.15) is 0 Å². The Labute approximate surface area is 223 Å². The fraction of sp³-hybridized carbons (Fsp3) is 0.0769. The van der Waals surface area contributed by atoms with Crippen molar-refractivity contribution >= 4 is 45.0 Å². The third kappa shape index (κ3) is 25.8. The quantitative estimate of drug-likeness (QED) is 0.270. The van der Waals surface area contributed by atoms with Crippen molar-refractivity contribution < 1.29 is 25.9 Å². The summed E-state index contributed by atoms with van der Waals surface area (Å²) < 4.78 is 0. The van der Waals surface area contributed by atoms with Crippen LogP contribution in [-0.4, -0.2) is 45.0 Å². The maximum absolute atomic E-state index is 10.3. The predicted octanol–water partition coefficient (Wildman–Crippen LogP) is 3.33. The fourth-order valence-corrected chi connectivity index (χ4v) is 1.68. The van der Waals surface area contributed by atoms with Crippen molar-refractivity contribution in [3.05, 3.63) is 121 Å². The summed E-state index contributed by atoms with van der Waals surface area (Å²) in [6, 6.07) is 33.3. The van der Waals surface area contributed by atoms with Gasteiger partial charge in [-0.3, -0.25) is 0 Å². The molecule has 0 bridgehead atoms. The topological polar surface area (TPSA) is 121 Å². The second-order valence-corrected chi connectivity index (χ2v) is 5.25. The van der Waals surface area contributed by atoms with Gasteiger partial charge in [-0.2, -0.15) is 0 Å². The molecule has 0 aromatic heterocycles. The van der Waals surface area contributed by atoms with Gasteiger partial charge >= 0.3 is 54.9 Å². The van der Waals surface area contributed by atoms with Crippen molar-refractivity contribution in [1.29, 1.82) is 0 Å². The Kier molecular flexibility index (Phi) is 29.5. The molecule has 0 aliphatic rings. The summed E-state index contributed by atoms with van der Waals surface area (Å²) in [7, 11) is 0. The van der Waals surface area contributed by atoms with Crippen molar-refractivity contribution in [1.82, 2.24) is 0 Å². The van der Waals surface area contributed by atoms with E-state index in [4.69, 9.17) is 0 Å². The minimum absolute atomic E-state index is 0. The number of para-hydroxylation sites is 4. The first-order valence-corrected chi connectivity index (χ1v) is 15.2. The first-order valence-electron chi connectivity index (χ1n) is 9.46. The van der Waals surface area contributed by atoms with Crippen LogP contribution in [0.15, 0.2) is 121 Å². The van der Waals surface area contributed by atoms with Gasteiger partial charge in [0.1, 0.15) is 0 Å². The van der Waals surface area contributed by atoms with Crippen LogP contribution in [0.25, 0.3) is 0 Å². The van der Waals surface area contributed by atoms with E-state index in [0.717, 1.165) is 0 Å². The molecule has 0 saturated heterocycles. The van der Waals surface area contributed by atoms with Crippen LogP contribution in [0, 0.1) is 0 Å². The zero-order valence-corrected chi connectivity index (χ0v) is 24.3. The molecule has 0 spiro atoms. The summed E-state index contributed by atoms with van der Waals surface area (Å²) in [5, 5.41) is 41.1. The van der Waals surface area contributed by atoms with Gasteiger partial charge in [-0.1, -0.05) is 121 Å². The molecule has 168 valence electrons. The fourth-order valence-electron chi connectivity index (χ4n) is 1.68. The van der Waals surface area contributed by atoms with Crippen LogP contribution in [-0.2, 0) is 5.48 Å². The molecule has 7 heteroatoms. The minimum atomic E-state index is 0. The molecule has 0 amide bonds. The molecule has 0 fully saturated rings. The van der Waals surface area contributed by atoms with Crippen LogP contribution in [0.2, 0.25) is 9.88 Å². The average molecular weight is 656 g/mol. The molecule has 0 heterocycles.